The zero-order valence-corrected chi connectivity index (χ0v) is 9.85. The van der Waals surface area contributed by atoms with Gasteiger partial charge in [-0.25, -0.2) is 0 Å². The summed E-state index contributed by atoms with van der Waals surface area (Å²) < 4.78 is 0. The Morgan fingerprint density at radius 1 is 1.29 bits per heavy atom. The van der Waals surface area contributed by atoms with E-state index in [4.69, 9.17) is 5.26 Å². The van der Waals surface area contributed by atoms with E-state index in [0.717, 1.165) is 18.8 Å². The molecule has 0 aliphatic heterocycles. The first-order valence-electron chi connectivity index (χ1n) is 5.54. The van der Waals surface area contributed by atoms with E-state index in [0.29, 0.717) is 5.41 Å². The van der Waals surface area contributed by atoms with Crippen molar-refractivity contribution in [3.8, 4) is 6.07 Å². The zero-order chi connectivity index (χ0) is 10.8. The van der Waals surface area contributed by atoms with Crippen LogP contribution in [0, 0.1) is 22.7 Å². The summed E-state index contributed by atoms with van der Waals surface area (Å²) in [5.74, 6) is 0.775. The minimum absolute atomic E-state index is 0.234. The lowest BCUT2D eigenvalue weighted by molar-refractivity contribution is 0.142. The highest BCUT2D eigenvalue weighted by molar-refractivity contribution is 5.09. The molecule has 0 spiro atoms. The average Bonchev–Trinajstić information content (AvgIpc) is 2.16. The fourth-order valence-corrected chi connectivity index (χ4v) is 2.39. The molecule has 0 radical (unpaired) electrons. The van der Waals surface area contributed by atoms with Gasteiger partial charge in [0, 0.05) is 0 Å². The van der Waals surface area contributed by atoms with Crippen LogP contribution >= 0.6 is 0 Å². The summed E-state index contributed by atoms with van der Waals surface area (Å²) in [5.41, 5.74) is 0.164. The first kappa shape index (κ1) is 11.5. The molecule has 0 unspecified atom stereocenters. The predicted octanol–water partition coefficient (Wildman–Crippen LogP) is 2.70. The highest BCUT2D eigenvalue weighted by Crippen LogP contribution is 2.40. The van der Waals surface area contributed by atoms with E-state index in [1.165, 1.54) is 12.8 Å². The number of nitriles is 1. The Morgan fingerprint density at radius 2 is 1.79 bits per heavy atom. The molecule has 2 heteroatoms. The van der Waals surface area contributed by atoms with Gasteiger partial charge in [-0.1, -0.05) is 20.8 Å². The molecule has 0 aromatic heterocycles. The summed E-state index contributed by atoms with van der Waals surface area (Å²) in [4.78, 5) is 0. The normalized spacial score (nSPS) is 33.8. The summed E-state index contributed by atoms with van der Waals surface area (Å²) in [6, 6.07) is 2.43. The maximum Gasteiger partial charge on any atom is 0.106 e. The Bertz CT molecular complexity index is 224. The third-order valence-electron chi connectivity index (χ3n) is 3.76. The van der Waals surface area contributed by atoms with Crippen molar-refractivity contribution in [2.24, 2.45) is 11.3 Å². The second kappa shape index (κ2) is 3.90. The van der Waals surface area contributed by atoms with Crippen LogP contribution in [0.25, 0.3) is 0 Å². The Labute approximate surface area is 87.7 Å². The van der Waals surface area contributed by atoms with Crippen LogP contribution in [0.3, 0.4) is 0 Å². The van der Waals surface area contributed by atoms with E-state index in [1.807, 2.05) is 7.05 Å². The highest BCUT2D eigenvalue weighted by atomic mass is 14.9. The number of hydrogen-bond acceptors (Lipinski definition) is 2. The second-order valence-electron chi connectivity index (χ2n) is 5.58. The van der Waals surface area contributed by atoms with Crippen LogP contribution in [-0.2, 0) is 0 Å². The molecule has 1 aliphatic rings. The van der Waals surface area contributed by atoms with Crippen molar-refractivity contribution in [1.82, 2.24) is 5.32 Å². The van der Waals surface area contributed by atoms with Gasteiger partial charge in [0.2, 0.25) is 0 Å². The lowest BCUT2D eigenvalue weighted by Gasteiger charge is -2.40. The van der Waals surface area contributed by atoms with Crippen LogP contribution in [0.1, 0.15) is 46.5 Å². The van der Waals surface area contributed by atoms with Crippen molar-refractivity contribution in [3.63, 3.8) is 0 Å². The number of rotatable bonds is 1. The van der Waals surface area contributed by atoms with Crippen molar-refractivity contribution in [3.05, 3.63) is 0 Å². The van der Waals surface area contributed by atoms with E-state index < -0.39 is 0 Å². The molecule has 0 bridgehead atoms. The van der Waals surface area contributed by atoms with Gasteiger partial charge in [0.25, 0.3) is 0 Å². The van der Waals surface area contributed by atoms with Crippen LogP contribution in [0.4, 0.5) is 0 Å². The monoisotopic (exact) mass is 194 g/mol. The van der Waals surface area contributed by atoms with Crippen LogP contribution in [0.5, 0.6) is 0 Å². The molecular weight excluding hydrogens is 172 g/mol. The van der Waals surface area contributed by atoms with Crippen molar-refractivity contribution in [2.75, 3.05) is 7.05 Å². The molecular formula is C12H22N2. The largest absolute Gasteiger partial charge is 0.302 e. The molecule has 14 heavy (non-hydrogen) atoms. The van der Waals surface area contributed by atoms with E-state index in [-0.39, 0.29) is 5.54 Å². The van der Waals surface area contributed by atoms with Crippen molar-refractivity contribution in [1.29, 1.82) is 5.26 Å². The van der Waals surface area contributed by atoms with Gasteiger partial charge < -0.3 is 5.32 Å². The lowest BCUT2D eigenvalue weighted by atomic mass is 9.68. The SMILES string of the molecule is CNC1(C#N)CCC(C(C)(C)C)CC1. The Morgan fingerprint density at radius 3 is 2.07 bits per heavy atom. The summed E-state index contributed by atoms with van der Waals surface area (Å²) in [7, 11) is 1.90. The van der Waals surface area contributed by atoms with Crippen molar-refractivity contribution >= 4 is 0 Å². The minimum Gasteiger partial charge on any atom is -0.302 e. The second-order valence-corrected chi connectivity index (χ2v) is 5.58. The van der Waals surface area contributed by atoms with Crippen LogP contribution in [-0.4, -0.2) is 12.6 Å². The molecule has 0 amide bonds. The third-order valence-corrected chi connectivity index (χ3v) is 3.76. The molecule has 80 valence electrons. The summed E-state index contributed by atoms with van der Waals surface area (Å²) in [6.45, 7) is 6.91. The van der Waals surface area contributed by atoms with E-state index >= 15 is 0 Å². The van der Waals surface area contributed by atoms with Crippen molar-refractivity contribution in [2.45, 2.75) is 52.0 Å². The molecule has 1 rings (SSSR count). The first-order chi connectivity index (χ1) is 6.43. The molecule has 1 saturated carbocycles. The molecule has 1 aliphatic carbocycles. The molecule has 0 atom stereocenters. The van der Waals surface area contributed by atoms with Crippen LogP contribution in [0.2, 0.25) is 0 Å². The fraction of sp³-hybridized carbons (Fsp3) is 0.917. The maximum atomic E-state index is 9.12. The predicted molar refractivity (Wildman–Crippen MR) is 58.8 cm³/mol. The van der Waals surface area contributed by atoms with Crippen molar-refractivity contribution < 1.29 is 0 Å². The summed E-state index contributed by atoms with van der Waals surface area (Å²) in [6.07, 6.45) is 4.36. The van der Waals surface area contributed by atoms with Gasteiger partial charge in [-0.15, -0.1) is 0 Å². The van der Waals surface area contributed by atoms with Gasteiger partial charge in [-0.05, 0) is 44.1 Å². The molecule has 2 nitrogen and oxygen atoms in total. The quantitative estimate of drug-likeness (QED) is 0.696. The Balaban J connectivity index is 2.59. The Hall–Kier alpha value is -0.550. The van der Waals surface area contributed by atoms with Crippen LogP contribution in [0.15, 0.2) is 0 Å². The molecule has 1 fully saturated rings. The van der Waals surface area contributed by atoms with Crippen LogP contribution < -0.4 is 5.32 Å². The molecule has 1 N–H and O–H groups in total. The fourth-order valence-electron chi connectivity index (χ4n) is 2.39. The average molecular weight is 194 g/mol. The van der Waals surface area contributed by atoms with Gasteiger partial charge in [-0.3, -0.25) is 0 Å². The molecule has 0 saturated heterocycles. The number of hydrogen-bond donors (Lipinski definition) is 1. The van der Waals surface area contributed by atoms with Gasteiger partial charge in [0.15, 0.2) is 0 Å². The third kappa shape index (κ3) is 2.27. The molecule has 0 aromatic carbocycles. The molecule has 0 aromatic rings. The highest BCUT2D eigenvalue weighted by Gasteiger charge is 2.37. The van der Waals surface area contributed by atoms with Gasteiger partial charge in [0.1, 0.15) is 5.54 Å². The van der Waals surface area contributed by atoms with E-state index in [2.05, 4.69) is 32.2 Å². The zero-order valence-electron chi connectivity index (χ0n) is 9.85. The van der Waals surface area contributed by atoms with E-state index in [9.17, 15) is 0 Å². The standard InChI is InChI=1S/C12H22N2/c1-11(2,3)10-5-7-12(9-13,14-4)8-6-10/h10,14H,5-8H2,1-4H3. The Kier molecular flexibility index (Phi) is 3.21. The first-order valence-corrected chi connectivity index (χ1v) is 5.54. The number of nitrogens with one attached hydrogen (secondary N) is 1. The molecule has 0 heterocycles. The van der Waals surface area contributed by atoms with Gasteiger partial charge in [0.05, 0.1) is 6.07 Å². The summed E-state index contributed by atoms with van der Waals surface area (Å²) >= 11 is 0. The smallest absolute Gasteiger partial charge is 0.106 e. The van der Waals surface area contributed by atoms with Gasteiger partial charge in [-0.2, -0.15) is 5.26 Å². The topological polar surface area (TPSA) is 35.8 Å². The van der Waals surface area contributed by atoms with Gasteiger partial charge >= 0.3 is 0 Å². The lowest BCUT2D eigenvalue weighted by Crippen LogP contribution is -2.46. The maximum absolute atomic E-state index is 9.12. The summed E-state index contributed by atoms with van der Waals surface area (Å²) in [5, 5.41) is 12.3. The van der Waals surface area contributed by atoms with E-state index in [1.54, 1.807) is 0 Å². The number of nitrogens with zero attached hydrogens (tertiary/aromatic N) is 1. The minimum atomic E-state index is -0.234.